The molecule has 1 aromatic heterocycles. The van der Waals surface area contributed by atoms with Crippen LogP contribution in [0.4, 0.5) is 15.9 Å². The molecule has 9 nitrogen and oxygen atoms in total. The smallest absolute Gasteiger partial charge is 0.277 e. The summed E-state index contributed by atoms with van der Waals surface area (Å²) in [6.07, 6.45) is 5.00. The highest BCUT2D eigenvalue weighted by molar-refractivity contribution is 5.96. The van der Waals surface area contributed by atoms with Crippen molar-refractivity contribution in [2.24, 2.45) is 11.8 Å². The van der Waals surface area contributed by atoms with Gasteiger partial charge in [-0.2, -0.15) is 0 Å². The Labute approximate surface area is 225 Å². The predicted octanol–water partition coefficient (Wildman–Crippen LogP) is 4.79. The van der Waals surface area contributed by atoms with E-state index in [4.69, 9.17) is 0 Å². The standard InChI is InChI=1S/C29H30FN5O4/c30-24-3-1-2-20(14-24)18-34-12-9-19(10-13-34)17-32-28(36)23-6-7-25(26(15-23)35(38)39)22-8-11-31-27(16-22)33-29(37)21-4-5-21/h1-3,6-8,11,14-16,19,21H,4-5,9-10,12-13,17-18H2,(H,32,36)(H,31,33,37). The van der Waals surface area contributed by atoms with Gasteiger partial charge >= 0.3 is 0 Å². The number of amides is 2. The third kappa shape index (κ3) is 6.83. The topological polar surface area (TPSA) is 117 Å². The minimum atomic E-state index is -0.511. The van der Waals surface area contributed by atoms with Gasteiger partial charge in [0.2, 0.25) is 5.91 Å². The van der Waals surface area contributed by atoms with Crippen LogP contribution in [0.3, 0.4) is 0 Å². The van der Waals surface area contributed by atoms with Crippen LogP contribution in [0.2, 0.25) is 0 Å². The lowest BCUT2D eigenvalue weighted by Gasteiger charge is -2.32. The third-order valence-electron chi connectivity index (χ3n) is 7.28. The average Bonchev–Trinajstić information content (AvgIpc) is 3.78. The van der Waals surface area contributed by atoms with Crippen LogP contribution >= 0.6 is 0 Å². The van der Waals surface area contributed by atoms with Crippen molar-refractivity contribution in [1.29, 1.82) is 0 Å². The number of likely N-dealkylation sites (tertiary alicyclic amines) is 1. The Morgan fingerprint density at radius 3 is 2.56 bits per heavy atom. The predicted molar refractivity (Wildman–Crippen MR) is 144 cm³/mol. The van der Waals surface area contributed by atoms with E-state index in [2.05, 4.69) is 20.5 Å². The van der Waals surface area contributed by atoms with Crippen LogP contribution < -0.4 is 10.6 Å². The molecule has 5 rings (SSSR count). The number of benzene rings is 2. The molecule has 1 aliphatic carbocycles. The second-order valence-corrected chi connectivity index (χ2v) is 10.2. The number of nitro groups is 1. The van der Waals surface area contributed by atoms with E-state index in [1.165, 1.54) is 18.3 Å². The van der Waals surface area contributed by atoms with Crippen molar-refractivity contribution >= 4 is 23.3 Å². The number of nitrogens with zero attached hydrogens (tertiary/aromatic N) is 3. The molecule has 10 heteroatoms. The number of anilines is 1. The normalized spacial score (nSPS) is 16.0. The van der Waals surface area contributed by atoms with Gasteiger partial charge in [0, 0.05) is 36.8 Å². The maximum Gasteiger partial charge on any atom is 0.277 e. The Balaban J connectivity index is 1.18. The van der Waals surface area contributed by atoms with Gasteiger partial charge in [0.15, 0.2) is 0 Å². The largest absolute Gasteiger partial charge is 0.352 e. The Kier molecular flexibility index (Phi) is 7.92. The van der Waals surface area contributed by atoms with Crippen LogP contribution in [0.1, 0.15) is 41.6 Å². The number of nitro benzene ring substituents is 1. The van der Waals surface area contributed by atoms with Crippen LogP contribution in [0, 0.1) is 27.8 Å². The van der Waals surface area contributed by atoms with Crippen molar-refractivity contribution in [1.82, 2.24) is 15.2 Å². The summed E-state index contributed by atoms with van der Waals surface area (Å²) in [6.45, 7) is 2.88. The van der Waals surface area contributed by atoms with Crippen LogP contribution in [0.5, 0.6) is 0 Å². The van der Waals surface area contributed by atoms with Crippen LogP contribution in [-0.4, -0.2) is 46.3 Å². The molecular weight excluding hydrogens is 501 g/mol. The Morgan fingerprint density at radius 2 is 1.85 bits per heavy atom. The van der Waals surface area contributed by atoms with E-state index in [0.29, 0.717) is 36.0 Å². The summed E-state index contributed by atoms with van der Waals surface area (Å²) >= 11 is 0. The monoisotopic (exact) mass is 531 g/mol. The van der Waals surface area contributed by atoms with Gasteiger partial charge in [-0.25, -0.2) is 9.37 Å². The molecule has 39 heavy (non-hydrogen) atoms. The second kappa shape index (κ2) is 11.7. The summed E-state index contributed by atoms with van der Waals surface area (Å²) in [6, 6.07) is 14.3. The first-order chi connectivity index (χ1) is 18.9. The van der Waals surface area contributed by atoms with Gasteiger partial charge in [0.1, 0.15) is 11.6 Å². The van der Waals surface area contributed by atoms with E-state index in [0.717, 1.165) is 44.3 Å². The van der Waals surface area contributed by atoms with E-state index < -0.39 is 4.92 Å². The SMILES string of the molecule is O=C(NCC1CCN(Cc2cccc(F)c2)CC1)c1ccc(-c2ccnc(NC(=O)C3CC3)c2)c([N+](=O)[O-])c1. The van der Waals surface area contributed by atoms with Crippen LogP contribution in [-0.2, 0) is 11.3 Å². The van der Waals surface area contributed by atoms with Gasteiger partial charge in [0.05, 0.1) is 10.5 Å². The van der Waals surface area contributed by atoms with Gasteiger partial charge in [-0.15, -0.1) is 0 Å². The molecule has 2 N–H and O–H groups in total. The average molecular weight is 532 g/mol. The fraction of sp³-hybridized carbons (Fsp3) is 0.345. The number of hydrogen-bond donors (Lipinski definition) is 2. The summed E-state index contributed by atoms with van der Waals surface area (Å²) in [7, 11) is 0. The van der Waals surface area contributed by atoms with E-state index >= 15 is 0 Å². The number of pyridine rings is 1. The van der Waals surface area contributed by atoms with Crippen molar-refractivity contribution in [2.75, 3.05) is 25.0 Å². The molecule has 1 saturated carbocycles. The molecule has 2 aromatic carbocycles. The minimum Gasteiger partial charge on any atom is -0.352 e. The quantitative estimate of drug-likeness (QED) is 0.303. The first-order valence-electron chi connectivity index (χ1n) is 13.2. The lowest BCUT2D eigenvalue weighted by Crippen LogP contribution is -2.38. The molecule has 1 aliphatic heterocycles. The summed E-state index contributed by atoms with van der Waals surface area (Å²) in [5, 5.41) is 17.6. The molecule has 3 aromatic rings. The number of carbonyl (C=O) groups is 2. The number of hydrogen-bond acceptors (Lipinski definition) is 6. The Morgan fingerprint density at radius 1 is 1.05 bits per heavy atom. The highest BCUT2D eigenvalue weighted by atomic mass is 19.1. The number of nitrogens with one attached hydrogen (secondary N) is 2. The molecule has 0 bridgehead atoms. The van der Waals surface area contributed by atoms with E-state index in [9.17, 15) is 24.1 Å². The zero-order chi connectivity index (χ0) is 27.4. The molecular formula is C29H30FN5O4. The number of piperidine rings is 1. The third-order valence-corrected chi connectivity index (χ3v) is 7.28. The molecule has 2 amide bonds. The van der Waals surface area contributed by atoms with Crippen molar-refractivity contribution < 1.29 is 18.9 Å². The summed E-state index contributed by atoms with van der Waals surface area (Å²) < 4.78 is 13.4. The van der Waals surface area contributed by atoms with Gasteiger partial charge in [-0.3, -0.25) is 24.6 Å². The molecule has 1 saturated heterocycles. The van der Waals surface area contributed by atoms with Gasteiger partial charge in [-0.1, -0.05) is 12.1 Å². The maximum atomic E-state index is 13.4. The van der Waals surface area contributed by atoms with Crippen LogP contribution in [0.15, 0.2) is 60.8 Å². The van der Waals surface area contributed by atoms with E-state index in [-0.39, 0.29) is 34.8 Å². The highest BCUT2D eigenvalue weighted by Crippen LogP contribution is 2.33. The molecule has 202 valence electrons. The zero-order valence-electron chi connectivity index (χ0n) is 21.4. The van der Waals surface area contributed by atoms with Crippen molar-refractivity contribution in [3.8, 4) is 11.1 Å². The Bertz CT molecular complexity index is 1390. The van der Waals surface area contributed by atoms with Crippen molar-refractivity contribution in [3.63, 3.8) is 0 Å². The number of aromatic nitrogens is 1. The summed E-state index contributed by atoms with van der Waals surface area (Å²) in [4.78, 5) is 42.7. The fourth-order valence-corrected chi connectivity index (χ4v) is 4.89. The van der Waals surface area contributed by atoms with Crippen LogP contribution in [0.25, 0.3) is 11.1 Å². The molecule has 0 unspecified atom stereocenters. The van der Waals surface area contributed by atoms with Gasteiger partial charge in [0.25, 0.3) is 11.6 Å². The van der Waals surface area contributed by atoms with E-state index in [1.54, 1.807) is 36.4 Å². The molecule has 0 radical (unpaired) electrons. The molecule has 2 heterocycles. The number of carbonyl (C=O) groups excluding carboxylic acids is 2. The lowest BCUT2D eigenvalue weighted by molar-refractivity contribution is -0.384. The molecule has 0 atom stereocenters. The second-order valence-electron chi connectivity index (χ2n) is 10.2. The maximum absolute atomic E-state index is 13.4. The highest BCUT2D eigenvalue weighted by Gasteiger charge is 2.30. The Hall–Kier alpha value is -4.18. The number of rotatable bonds is 9. The first-order valence-corrected chi connectivity index (χ1v) is 13.2. The first kappa shape index (κ1) is 26.4. The fourth-order valence-electron chi connectivity index (χ4n) is 4.89. The zero-order valence-corrected chi connectivity index (χ0v) is 21.4. The number of halogens is 1. The summed E-state index contributed by atoms with van der Waals surface area (Å²) in [5.74, 6) is -0.0513. The lowest BCUT2D eigenvalue weighted by atomic mass is 9.96. The van der Waals surface area contributed by atoms with E-state index in [1.807, 2.05) is 6.07 Å². The summed E-state index contributed by atoms with van der Waals surface area (Å²) in [5.41, 5.74) is 1.83. The molecule has 0 spiro atoms. The molecule has 2 aliphatic rings. The van der Waals surface area contributed by atoms with Crippen molar-refractivity contribution in [3.05, 3.63) is 87.9 Å². The molecule has 2 fully saturated rings. The minimum absolute atomic E-state index is 0.00960. The van der Waals surface area contributed by atoms with Gasteiger partial charge in [-0.05, 0) is 92.2 Å². The van der Waals surface area contributed by atoms with Gasteiger partial charge < -0.3 is 10.6 Å². The van der Waals surface area contributed by atoms with Crippen molar-refractivity contribution in [2.45, 2.75) is 32.2 Å².